The van der Waals surface area contributed by atoms with Crippen molar-refractivity contribution in [2.75, 3.05) is 39.4 Å². The van der Waals surface area contributed by atoms with Crippen LogP contribution >= 0.6 is 11.3 Å². The van der Waals surface area contributed by atoms with Crippen molar-refractivity contribution in [1.29, 1.82) is 0 Å². The number of aromatic nitrogens is 2. The van der Waals surface area contributed by atoms with Crippen molar-refractivity contribution < 1.29 is 9.53 Å². The minimum atomic E-state index is 0.136. The fourth-order valence-corrected chi connectivity index (χ4v) is 4.01. The van der Waals surface area contributed by atoms with Crippen LogP contribution in [0.15, 0.2) is 23.0 Å². The van der Waals surface area contributed by atoms with E-state index in [0.29, 0.717) is 0 Å². The largest absolute Gasteiger partial charge is 0.379 e. The molecule has 0 unspecified atom stereocenters. The number of fused-ring (bicyclic) bond motifs is 1. The summed E-state index contributed by atoms with van der Waals surface area (Å²) in [4.78, 5) is 21.5. The minimum absolute atomic E-state index is 0.136. The Morgan fingerprint density at radius 2 is 2.08 bits per heavy atom. The number of nitrogens with zero attached hydrogens (tertiary/aromatic N) is 4. The summed E-state index contributed by atoms with van der Waals surface area (Å²) < 4.78 is 7.72. The molecule has 4 rings (SSSR count). The molecule has 4 heterocycles. The Hall–Kier alpha value is -1.70. The van der Waals surface area contributed by atoms with Crippen LogP contribution in [0.3, 0.4) is 0 Å². The standard InChI is InChI=1S/C17H22N4O2S/c22-17(14-2-10-24-13-14)20-3-1-16-18-11-15(21(16)5-4-20)12-19-6-8-23-9-7-19/h2,10-11,13H,1,3-9,12H2. The van der Waals surface area contributed by atoms with Gasteiger partial charge in [-0.05, 0) is 11.4 Å². The lowest BCUT2D eigenvalue weighted by molar-refractivity contribution is 0.0331. The van der Waals surface area contributed by atoms with Crippen LogP contribution < -0.4 is 0 Å². The molecule has 0 bridgehead atoms. The highest BCUT2D eigenvalue weighted by molar-refractivity contribution is 7.08. The van der Waals surface area contributed by atoms with E-state index in [1.807, 2.05) is 27.9 Å². The third-order valence-corrected chi connectivity index (χ3v) is 5.45. The van der Waals surface area contributed by atoms with Gasteiger partial charge >= 0.3 is 0 Å². The number of amides is 1. The molecule has 7 heteroatoms. The molecule has 128 valence electrons. The highest BCUT2D eigenvalue weighted by Gasteiger charge is 2.23. The second-order valence-corrected chi connectivity index (χ2v) is 7.04. The van der Waals surface area contributed by atoms with Gasteiger partial charge in [0, 0.05) is 57.3 Å². The number of hydrogen-bond donors (Lipinski definition) is 0. The number of ether oxygens (including phenoxy) is 1. The Morgan fingerprint density at radius 3 is 2.88 bits per heavy atom. The Morgan fingerprint density at radius 1 is 1.21 bits per heavy atom. The van der Waals surface area contributed by atoms with Crippen LogP contribution in [0.1, 0.15) is 21.9 Å². The molecule has 0 spiro atoms. The topological polar surface area (TPSA) is 50.6 Å². The normalized spacial score (nSPS) is 19.1. The third kappa shape index (κ3) is 3.24. The Labute approximate surface area is 145 Å². The number of imidazole rings is 1. The minimum Gasteiger partial charge on any atom is -0.379 e. The molecule has 0 aromatic carbocycles. The van der Waals surface area contributed by atoms with E-state index < -0.39 is 0 Å². The molecule has 2 aromatic rings. The van der Waals surface area contributed by atoms with Gasteiger partial charge in [-0.25, -0.2) is 4.98 Å². The maximum atomic E-state index is 12.6. The zero-order chi connectivity index (χ0) is 16.4. The predicted octanol–water partition coefficient (Wildman–Crippen LogP) is 1.48. The smallest absolute Gasteiger partial charge is 0.254 e. The van der Waals surface area contributed by atoms with E-state index in [0.717, 1.165) is 70.3 Å². The molecule has 0 saturated carbocycles. The lowest BCUT2D eigenvalue weighted by Gasteiger charge is -2.27. The third-order valence-electron chi connectivity index (χ3n) is 4.76. The van der Waals surface area contributed by atoms with Gasteiger partial charge in [-0.15, -0.1) is 0 Å². The van der Waals surface area contributed by atoms with E-state index in [1.165, 1.54) is 5.69 Å². The van der Waals surface area contributed by atoms with Crippen LogP contribution in [0.25, 0.3) is 0 Å². The molecule has 24 heavy (non-hydrogen) atoms. The van der Waals surface area contributed by atoms with Crippen LogP contribution in [-0.2, 0) is 24.2 Å². The van der Waals surface area contributed by atoms with Crippen LogP contribution in [0, 0.1) is 0 Å². The molecular formula is C17H22N4O2S. The summed E-state index contributed by atoms with van der Waals surface area (Å²) >= 11 is 1.57. The summed E-state index contributed by atoms with van der Waals surface area (Å²) in [6.45, 7) is 6.79. The zero-order valence-corrected chi connectivity index (χ0v) is 14.5. The van der Waals surface area contributed by atoms with Gasteiger partial charge in [-0.1, -0.05) is 0 Å². The monoisotopic (exact) mass is 346 g/mol. The van der Waals surface area contributed by atoms with Gasteiger partial charge in [0.1, 0.15) is 5.82 Å². The number of carbonyl (C=O) groups is 1. The highest BCUT2D eigenvalue weighted by atomic mass is 32.1. The summed E-state index contributed by atoms with van der Waals surface area (Å²) in [6, 6.07) is 1.90. The average molecular weight is 346 g/mol. The van der Waals surface area contributed by atoms with Crippen molar-refractivity contribution in [3.63, 3.8) is 0 Å². The first kappa shape index (κ1) is 15.8. The predicted molar refractivity (Wildman–Crippen MR) is 92.2 cm³/mol. The fraction of sp³-hybridized carbons (Fsp3) is 0.529. The van der Waals surface area contributed by atoms with Crippen molar-refractivity contribution in [2.45, 2.75) is 19.5 Å². The van der Waals surface area contributed by atoms with Crippen LogP contribution in [0.5, 0.6) is 0 Å². The van der Waals surface area contributed by atoms with Gasteiger partial charge < -0.3 is 14.2 Å². The van der Waals surface area contributed by atoms with Gasteiger partial charge in [0.25, 0.3) is 5.91 Å². The molecule has 2 aromatic heterocycles. The first-order valence-electron chi connectivity index (χ1n) is 8.46. The van der Waals surface area contributed by atoms with Crippen molar-refractivity contribution >= 4 is 17.2 Å². The number of hydrogen-bond acceptors (Lipinski definition) is 5. The molecule has 1 saturated heterocycles. The van der Waals surface area contributed by atoms with E-state index in [1.54, 1.807) is 11.3 Å². The summed E-state index contributed by atoms with van der Waals surface area (Å²) in [6.07, 6.45) is 2.82. The van der Waals surface area contributed by atoms with Crippen molar-refractivity contribution in [3.8, 4) is 0 Å². The van der Waals surface area contributed by atoms with Crippen molar-refractivity contribution in [3.05, 3.63) is 40.1 Å². The first-order valence-corrected chi connectivity index (χ1v) is 9.40. The second-order valence-electron chi connectivity index (χ2n) is 6.26. The second kappa shape index (κ2) is 7.04. The SMILES string of the molecule is O=C(c1ccsc1)N1CCc2ncc(CN3CCOCC3)n2CC1. The van der Waals surface area contributed by atoms with Gasteiger partial charge in [0.2, 0.25) is 0 Å². The zero-order valence-electron chi connectivity index (χ0n) is 13.7. The van der Waals surface area contributed by atoms with E-state index in [2.05, 4.69) is 14.5 Å². The summed E-state index contributed by atoms with van der Waals surface area (Å²) in [7, 11) is 0. The quantitative estimate of drug-likeness (QED) is 0.845. The molecule has 0 N–H and O–H groups in total. The molecule has 0 atom stereocenters. The number of thiophene rings is 1. The van der Waals surface area contributed by atoms with Crippen LogP contribution in [0.2, 0.25) is 0 Å². The maximum Gasteiger partial charge on any atom is 0.254 e. The Balaban J connectivity index is 1.44. The molecule has 2 aliphatic heterocycles. The Bertz CT molecular complexity index is 692. The van der Waals surface area contributed by atoms with Crippen LogP contribution in [-0.4, -0.2) is 64.7 Å². The number of carbonyl (C=O) groups excluding carboxylic acids is 1. The molecule has 1 amide bonds. The fourth-order valence-electron chi connectivity index (χ4n) is 3.38. The Kier molecular flexibility index (Phi) is 4.64. The molecular weight excluding hydrogens is 324 g/mol. The summed E-state index contributed by atoms with van der Waals surface area (Å²) in [5.41, 5.74) is 2.05. The van der Waals surface area contributed by atoms with Crippen LogP contribution in [0.4, 0.5) is 0 Å². The van der Waals surface area contributed by atoms with E-state index in [9.17, 15) is 4.79 Å². The average Bonchev–Trinajstić information content (AvgIpc) is 3.22. The molecule has 1 fully saturated rings. The van der Waals surface area contributed by atoms with Crippen molar-refractivity contribution in [1.82, 2.24) is 19.4 Å². The maximum absolute atomic E-state index is 12.6. The van der Waals surface area contributed by atoms with Gasteiger partial charge in [0.15, 0.2) is 0 Å². The number of morpholine rings is 1. The summed E-state index contributed by atoms with van der Waals surface area (Å²) in [5.74, 6) is 1.23. The first-order chi connectivity index (χ1) is 11.8. The van der Waals surface area contributed by atoms with E-state index >= 15 is 0 Å². The molecule has 6 nitrogen and oxygen atoms in total. The highest BCUT2D eigenvalue weighted by Crippen LogP contribution is 2.17. The van der Waals surface area contributed by atoms with Crippen molar-refractivity contribution in [2.24, 2.45) is 0 Å². The van der Waals surface area contributed by atoms with Gasteiger partial charge in [-0.2, -0.15) is 11.3 Å². The van der Waals surface area contributed by atoms with Gasteiger partial charge in [-0.3, -0.25) is 9.69 Å². The molecule has 2 aliphatic rings. The van der Waals surface area contributed by atoms with E-state index in [-0.39, 0.29) is 5.91 Å². The lowest BCUT2D eigenvalue weighted by Crippen LogP contribution is -2.36. The number of rotatable bonds is 3. The molecule has 0 aliphatic carbocycles. The molecule has 0 radical (unpaired) electrons. The summed E-state index contributed by atoms with van der Waals surface area (Å²) in [5, 5.41) is 3.88. The van der Waals surface area contributed by atoms with E-state index in [4.69, 9.17) is 4.74 Å². The lowest BCUT2D eigenvalue weighted by atomic mass is 10.2. The van der Waals surface area contributed by atoms with Gasteiger partial charge in [0.05, 0.1) is 24.5 Å².